The van der Waals surface area contributed by atoms with Gasteiger partial charge in [-0.05, 0) is 11.6 Å². The number of hydrogen-bond acceptors (Lipinski definition) is 14. The van der Waals surface area contributed by atoms with Crippen LogP contribution in [0.1, 0.15) is 5.69 Å². The molecule has 13 nitrogen and oxygen atoms in total. The molecule has 208 valence electrons. The first-order valence-corrected chi connectivity index (χ1v) is 15.0. The van der Waals surface area contributed by atoms with Gasteiger partial charge in [-0.1, -0.05) is 5.16 Å². The fraction of sp³-hybridized carbons (Fsp3) is 0.217. The zero-order chi connectivity index (χ0) is 28.7. The van der Waals surface area contributed by atoms with E-state index >= 15 is 0 Å². The summed E-state index contributed by atoms with van der Waals surface area (Å²) >= 11 is 4.83. The Morgan fingerprint density at radius 3 is 2.70 bits per heavy atom. The van der Waals surface area contributed by atoms with E-state index in [-0.39, 0.29) is 50.3 Å². The number of hydrogen-bond donors (Lipinski definition) is 5. The van der Waals surface area contributed by atoms with Crippen LogP contribution in [0.5, 0.6) is 11.5 Å². The van der Waals surface area contributed by atoms with Gasteiger partial charge in [-0.2, -0.15) is 0 Å². The summed E-state index contributed by atoms with van der Waals surface area (Å²) in [7, 11) is 1.25. The monoisotopic (exact) mass is 621 g/mol. The molecular formula is C23H19N5O8S4. The molecule has 0 bridgehead atoms. The van der Waals surface area contributed by atoms with Crippen molar-refractivity contribution in [3.63, 3.8) is 0 Å². The van der Waals surface area contributed by atoms with Crippen LogP contribution >= 0.6 is 46.2 Å². The first kappa shape index (κ1) is 27.8. The molecule has 2 atom stereocenters. The molecule has 2 aliphatic heterocycles. The Bertz CT molecular complexity index is 1680. The minimum Gasteiger partial charge on any atom is -0.504 e. The average molecular weight is 622 g/mol. The summed E-state index contributed by atoms with van der Waals surface area (Å²) in [6.07, 6.45) is 0. The van der Waals surface area contributed by atoms with Gasteiger partial charge in [0.1, 0.15) is 29.9 Å². The topological polar surface area (TPSA) is 205 Å². The smallest absolute Gasteiger partial charge is 0.352 e. The predicted molar refractivity (Wildman–Crippen MR) is 152 cm³/mol. The summed E-state index contributed by atoms with van der Waals surface area (Å²) in [4.78, 5) is 60.6. The molecule has 3 aromatic rings. The van der Waals surface area contributed by atoms with E-state index < -0.39 is 34.9 Å². The molecule has 2 aliphatic rings. The highest BCUT2D eigenvalue weighted by Crippen LogP contribution is 2.42. The second kappa shape index (κ2) is 11.0. The number of aromatic hydroxyl groups is 2. The number of phenolic OH excluding ortho intramolecular Hbond substituents is 2. The van der Waals surface area contributed by atoms with Crippen LogP contribution in [0.4, 0.5) is 5.13 Å². The molecule has 0 aliphatic carbocycles. The van der Waals surface area contributed by atoms with E-state index in [1.165, 1.54) is 65.5 Å². The van der Waals surface area contributed by atoms with Crippen LogP contribution in [0.15, 0.2) is 49.0 Å². The second-order valence-electron chi connectivity index (χ2n) is 8.37. The number of nitrogens with zero attached hydrogens (tertiary/aromatic N) is 3. The van der Waals surface area contributed by atoms with Gasteiger partial charge in [0.05, 0.1) is 4.21 Å². The number of fused-ring (bicyclic) bond motifs is 2. The largest absolute Gasteiger partial charge is 0.504 e. The minimum atomic E-state index is -1.29. The molecule has 0 spiro atoms. The van der Waals surface area contributed by atoms with Crippen LogP contribution in [0.25, 0.3) is 10.1 Å². The molecule has 1 aromatic carbocycles. The Balaban J connectivity index is 1.33. The van der Waals surface area contributed by atoms with E-state index in [1.807, 2.05) is 0 Å². The van der Waals surface area contributed by atoms with Crippen molar-refractivity contribution in [2.24, 2.45) is 5.16 Å². The molecule has 0 saturated carbocycles. The fourth-order valence-electron chi connectivity index (χ4n) is 4.08. The summed E-state index contributed by atoms with van der Waals surface area (Å²) in [6, 6.07) is 2.88. The lowest BCUT2D eigenvalue weighted by molar-refractivity contribution is -0.150. The zero-order valence-electron chi connectivity index (χ0n) is 20.3. The van der Waals surface area contributed by atoms with Gasteiger partial charge in [0.2, 0.25) is 0 Å². The predicted octanol–water partition coefficient (Wildman–Crippen LogP) is 1.59. The first-order chi connectivity index (χ1) is 19.1. The third kappa shape index (κ3) is 5.07. The lowest BCUT2D eigenvalue weighted by Gasteiger charge is -2.49. The third-order valence-corrected chi connectivity index (χ3v) is 10.3. The number of aliphatic carboxylic acids is 1. The number of β-lactam (4-membered cyclic amide) rings is 1. The number of thioether (sulfide) groups is 2. The number of amides is 2. The highest BCUT2D eigenvalue weighted by Gasteiger charge is 2.54. The lowest BCUT2D eigenvalue weighted by Crippen LogP contribution is -2.71. The van der Waals surface area contributed by atoms with Gasteiger partial charge in [0.25, 0.3) is 11.8 Å². The Morgan fingerprint density at radius 2 is 2.02 bits per heavy atom. The lowest BCUT2D eigenvalue weighted by atomic mass is 10.0. The molecule has 0 unspecified atom stereocenters. The molecule has 1 saturated heterocycles. The first-order valence-electron chi connectivity index (χ1n) is 11.2. The number of benzene rings is 1. The summed E-state index contributed by atoms with van der Waals surface area (Å²) in [5, 5.41) is 37.1. The van der Waals surface area contributed by atoms with Crippen molar-refractivity contribution in [1.29, 1.82) is 0 Å². The van der Waals surface area contributed by atoms with Crippen LogP contribution in [-0.4, -0.2) is 78.7 Å². The maximum absolute atomic E-state index is 13.0. The SMILES string of the molecule is CO/N=C(\C(=O)N[C@@H]1C(=O)N2C(C(=O)O)=C(CSc3cc(=O)c4cc(O)c(O)cc4s3)CS[C@@H]12)c1csc(N)n1. The standard InChI is InChI=1S/C23H19N5O8S4/c1-36-27-16(10-7-39-23(24)25-10)19(32)26-17-20(33)28-18(22(34)35)8(6-38-21(17)28)5-37-15-4-11(29)9-2-12(30)13(31)3-14(9)40-15/h2-4,7,17,21,30-31H,5-6H2,1H3,(H2,24,25)(H,26,32)(H,34,35)/b27-16-/t17-,21+/m1/s1. The number of carbonyl (C=O) groups excluding carboxylic acids is 2. The quantitative estimate of drug-likeness (QED) is 0.0800. The number of carbonyl (C=O) groups is 3. The fourth-order valence-corrected chi connectivity index (χ4v) is 8.36. The van der Waals surface area contributed by atoms with Gasteiger partial charge in [-0.15, -0.1) is 46.2 Å². The van der Waals surface area contributed by atoms with Crippen molar-refractivity contribution in [2.75, 3.05) is 24.3 Å². The number of nitrogen functional groups attached to an aromatic ring is 1. The maximum atomic E-state index is 13.0. The van der Waals surface area contributed by atoms with Crippen molar-refractivity contribution in [2.45, 2.75) is 15.6 Å². The second-order valence-corrected chi connectivity index (χ2v) is 12.7. The Labute approximate surface area is 241 Å². The van der Waals surface area contributed by atoms with E-state index in [9.17, 15) is 34.5 Å². The Hall–Kier alpha value is -3.80. The third-order valence-electron chi connectivity index (χ3n) is 5.89. The van der Waals surface area contributed by atoms with Crippen molar-refractivity contribution in [3.8, 4) is 11.5 Å². The molecule has 5 rings (SSSR count). The Morgan fingerprint density at radius 1 is 1.27 bits per heavy atom. The number of aromatic nitrogens is 1. The van der Waals surface area contributed by atoms with Crippen molar-refractivity contribution < 1.29 is 34.5 Å². The minimum absolute atomic E-state index is 0.166. The molecule has 17 heteroatoms. The summed E-state index contributed by atoms with van der Waals surface area (Å²) < 4.78 is 1.03. The van der Waals surface area contributed by atoms with E-state index in [2.05, 4.69) is 15.5 Å². The normalized spacial score (nSPS) is 18.9. The molecule has 40 heavy (non-hydrogen) atoms. The van der Waals surface area contributed by atoms with E-state index in [0.717, 1.165) is 16.2 Å². The summed E-state index contributed by atoms with van der Waals surface area (Å²) in [5.74, 6) is -2.90. The molecule has 2 aromatic heterocycles. The van der Waals surface area contributed by atoms with Gasteiger partial charge in [-0.25, -0.2) is 9.78 Å². The molecule has 6 N–H and O–H groups in total. The number of rotatable bonds is 8. The van der Waals surface area contributed by atoms with Gasteiger partial charge < -0.3 is 31.2 Å². The number of phenols is 2. The number of thiazole rings is 1. The van der Waals surface area contributed by atoms with Gasteiger partial charge in [0.15, 0.2) is 27.8 Å². The molecular weight excluding hydrogens is 603 g/mol. The van der Waals surface area contributed by atoms with Crippen LogP contribution in [-0.2, 0) is 19.2 Å². The van der Waals surface area contributed by atoms with Crippen molar-refractivity contribution >= 4 is 84.9 Å². The zero-order valence-corrected chi connectivity index (χ0v) is 23.6. The van der Waals surface area contributed by atoms with Crippen LogP contribution < -0.4 is 16.5 Å². The number of anilines is 1. The van der Waals surface area contributed by atoms with Crippen LogP contribution in [0, 0.1) is 0 Å². The highest BCUT2D eigenvalue weighted by molar-refractivity contribution is 8.02. The summed E-state index contributed by atoms with van der Waals surface area (Å²) in [5.41, 5.74) is 5.60. The number of carboxylic acids is 1. The summed E-state index contributed by atoms with van der Waals surface area (Å²) in [6.45, 7) is 0. The van der Waals surface area contributed by atoms with Gasteiger partial charge in [0, 0.05) is 39.1 Å². The molecule has 1 fully saturated rings. The maximum Gasteiger partial charge on any atom is 0.352 e. The van der Waals surface area contributed by atoms with Gasteiger partial charge in [-0.3, -0.25) is 19.3 Å². The van der Waals surface area contributed by atoms with Gasteiger partial charge >= 0.3 is 5.97 Å². The van der Waals surface area contributed by atoms with E-state index in [1.54, 1.807) is 0 Å². The van der Waals surface area contributed by atoms with E-state index in [4.69, 9.17) is 10.6 Å². The number of carboxylic acid groups (broad SMARTS) is 1. The number of nitrogens with two attached hydrogens (primary N) is 1. The number of oxime groups is 1. The molecule has 2 amide bonds. The molecule has 0 radical (unpaired) electrons. The average Bonchev–Trinajstić information content (AvgIpc) is 3.35. The number of nitrogens with one attached hydrogen (secondary N) is 1. The molecule has 4 heterocycles. The highest BCUT2D eigenvalue weighted by atomic mass is 32.2. The van der Waals surface area contributed by atoms with Crippen LogP contribution in [0.2, 0.25) is 0 Å². The van der Waals surface area contributed by atoms with E-state index in [0.29, 0.717) is 14.5 Å². The van der Waals surface area contributed by atoms with Crippen LogP contribution in [0.3, 0.4) is 0 Å². The van der Waals surface area contributed by atoms with Crippen molar-refractivity contribution in [1.82, 2.24) is 15.2 Å². The Kier molecular flexibility index (Phi) is 7.63. The van der Waals surface area contributed by atoms with Crippen molar-refractivity contribution in [3.05, 3.63) is 50.8 Å².